The monoisotopic (exact) mass is 185 g/mol. The number of hydrogen-bond acceptors (Lipinski definition) is 3. The van der Waals surface area contributed by atoms with E-state index in [4.69, 9.17) is 0 Å². The van der Waals surface area contributed by atoms with Gasteiger partial charge in [-0.15, -0.1) is 0 Å². The van der Waals surface area contributed by atoms with Crippen LogP contribution in [-0.4, -0.2) is 55.5 Å². The minimum atomic E-state index is -0.260. The molecule has 0 unspecified atom stereocenters. The zero-order valence-corrected chi connectivity index (χ0v) is 8.04. The van der Waals surface area contributed by atoms with Gasteiger partial charge in [-0.05, 0) is 27.1 Å². The van der Waals surface area contributed by atoms with Gasteiger partial charge in [-0.1, -0.05) is 0 Å². The maximum Gasteiger partial charge on any atom is 0.324 e. The highest BCUT2D eigenvalue weighted by Crippen LogP contribution is 1.99. The Kier molecular flexibility index (Phi) is 3.25. The summed E-state index contributed by atoms with van der Waals surface area (Å²) in [6, 6.07) is -0.260. The van der Waals surface area contributed by atoms with Gasteiger partial charge < -0.3 is 9.80 Å². The first-order valence-electron chi connectivity index (χ1n) is 4.33. The molecule has 74 valence electrons. The summed E-state index contributed by atoms with van der Waals surface area (Å²) >= 11 is 0. The summed E-state index contributed by atoms with van der Waals surface area (Å²) in [5.74, 6) is -0.199. The first kappa shape index (κ1) is 9.98. The topological polar surface area (TPSA) is 52.6 Å². The molecule has 0 aromatic heterocycles. The highest BCUT2D eigenvalue weighted by molar-refractivity contribution is 6.01. The summed E-state index contributed by atoms with van der Waals surface area (Å²) in [7, 11) is 3.96. The molecule has 0 aromatic carbocycles. The lowest BCUT2D eigenvalue weighted by Gasteiger charge is -2.14. The van der Waals surface area contributed by atoms with Crippen molar-refractivity contribution >= 4 is 11.9 Å². The van der Waals surface area contributed by atoms with Crippen LogP contribution in [0.3, 0.4) is 0 Å². The maximum absolute atomic E-state index is 11.0. The molecular formula is C8H15N3O2. The summed E-state index contributed by atoms with van der Waals surface area (Å²) < 4.78 is 0. The van der Waals surface area contributed by atoms with Crippen molar-refractivity contribution in [1.29, 1.82) is 0 Å². The van der Waals surface area contributed by atoms with Gasteiger partial charge in [0.2, 0.25) is 5.91 Å². The van der Waals surface area contributed by atoms with E-state index in [1.165, 1.54) is 4.90 Å². The molecule has 1 aliphatic rings. The molecule has 0 atom stereocenters. The van der Waals surface area contributed by atoms with E-state index >= 15 is 0 Å². The van der Waals surface area contributed by atoms with Gasteiger partial charge in [-0.3, -0.25) is 10.1 Å². The molecule has 13 heavy (non-hydrogen) atoms. The largest absolute Gasteiger partial charge is 0.324 e. The molecule has 0 aliphatic carbocycles. The van der Waals surface area contributed by atoms with Crippen molar-refractivity contribution in [3.8, 4) is 0 Å². The molecule has 1 saturated heterocycles. The highest BCUT2D eigenvalue weighted by Gasteiger charge is 2.25. The Hall–Kier alpha value is -1.10. The van der Waals surface area contributed by atoms with E-state index in [0.29, 0.717) is 6.54 Å². The SMILES string of the molecule is CN(C)CCCN1CC(=O)NC1=O. The number of imide groups is 1. The Labute approximate surface area is 77.7 Å². The molecule has 0 radical (unpaired) electrons. The van der Waals surface area contributed by atoms with Crippen molar-refractivity contribution in [3.63, 3.8) is 0 Å². The fraction of sp³-hybridized carbons (Fsp3) is 0.750. The molecule has 1 rings (SSSR count). The molecule has 1 N–H and O–H groups in total. The van der Waals surface area contributed by atoms with Crippen molar-refractivity contribution in [2.24, 2.45) is 0 Å². The molecule has 1 aliphatic heterocycles. The first-order valence-corrected chi connectivity index (χ1v) is 4.33. The Morgan fingerprint density at radius 3 is 2.62 bits per heavy atom. The molecule has 3 amide bonds. The number of hydrogen-bond donors (Lipinski definition) is 1. The van der Waals surface area contributed by atoms with Crippen LogP contribution in [0.15, 0.2) is 0 Å². The summed E-state index contributed by atoms with van der Waals surface area (Å²) in [4.78, 5) is 25.4. The summed E-state index contributed by atoms with van der Waals surface area (Å²) in [5.41, 5.74) is 0. The lowest BCUT2D eigenvalue weighted by molar-refractivity contribution is -0.118. The van der Waals surface area contributed by atoms with Crippen molar-refractivity contribution in [1.82, 2.24) is 15.1 Å². The quantitative estimate of drug-likeness (QED) is 0.600. The second-order valence-electron chi connectivity index (χ2n) is 3.43. The van der Waals surface area contributed by atoms with Crippen LogP contribution in [0.2, 0.25) is 0 Å². The van der Waals surface area contributed by atoms with Crippen LogP contribution < -0.4 is 5.32 Å². The van der Waals surface area contributed by atoms with E-state index in [-0.39, 0.29) is 18.5 Å². The molecule has 0 spiro atoms. The van der Waals surface area contributed by atoms with Gasteiger partial charge in [0.25, 0.3) is 0 Å². The first-order chi connectivity index (χ1) is 6.09. The van der Waals surface area contributed by atoms with E-state index in [2.05, 4.69) is 10.2 Å². The number of rotatable bonds is 4. The molecule has 0 bridgehead atoms. The van der Waals surface area contributed by atoms with Crippen LogP contribution >= 0.6 is 0 Å². The lowest BCUT2D eigenvalue weighted by atomic mass is 10.4. The minimum absolute atomic E-state index is 0.199. The van der Waals surface area contributed by atoms with Crippen LogP contribution in [0.4, 0.5) is 4.79 Å². The third-order valence-electron chi connectivity index (χ3n) is 1.90. The Morgan fingerprint density at radius 1 is 1.46 bits per heavy atom. The second kappa shape index (κ2) is 4.23. The molecule has 5 nitrogen and oxygen atoms in total. The van der Waals surface area contributed by atoms with Gasteiger partial charge in [0.1, 0.15) is 6.54 Å². The third-order valence-corrected chi connectivity index (χ3v) is 1.90. The van der Waals surface area contributed by atoms with Gasteiger partial charge in [0.15, 0.2) is 0 Å². The van der Waals surface area contributed by atoms with Gasteiger partial charge in [-0.2, -0.15) is 0 Å². The third kappa shape index (κ3) is 3.02. The second-order valence-corrected chi connectivity index (χ2v) is 3.43. The maximum atomic E-state index is 11.0. The molecule has 0 aromatic rings. The predicted molar refractivity (Wildman–Crippen MR) is 48.3 cm³/mol. The molecular weight excluding hydrogens is 170 g/mol. The van der Waals surface area contributed by atoms with Crippen LogP contribution in [0.25, 0.3) is 0 Å². The summed E-state index contributed by atoms with van der Waals surface area (Å²) in [6.07, 6.45) is 0.897. The van der Waals surface area contributed by atoms with Crippen molar-refractivity contribution in [2.75, 3.05) is 33.7 Å². The molecule has 0 saturated carbocycles. The smallest absolute Gasteiger partial charge is 0.315 e. The number of nitrogens with one attached hydrogen (secondary N) is 1. The summed E-state index contributed by atoms with van der Waals surface area (Å²) in [5, 5.41) is 2.24. The lowest BCUT2D eigenvalue weighted by Crippen LogP contribution is -2.30. The van der Waals surface area contributed by atoms with Gasteiger partial charge in [0.05, 0.1) is 0 Å². The normalized spacial score (nSPS) is 17.0. The van der Waals surface area contributed by atoms with Crippen molar-refractivity contribution in [3.05, 3.63) is 0 Å². The number of carbonyl (C=O) groups is 2. The molecule has 1 fully saturated rings. The zero-order valence-electron chi connectivity index (χ0n) is 8.04. The van der Waals surface area contributed by atoms with E-state index in [1.807, 2.05) is 14.1 Å². The van der Waals surface area contributed by atoms with Gasteiger partial charge in [0, 0.05) is 6.54 Å². The molecule has 1 heterocycles. The zero-order chi connectivity index (χ0) is 9.84. The predicted octanol–water partition coefficient (Wildman–Crippen LogP) is -0.510. The summed E-state index contributed by atoms with van der Waals surface area (Å²) in [6.45, 7) is 1.79. The number of amides is 3. The average Bonchev–Trinajstić information content (AvgIpc) is 2.29. The average molecular weight is 185 g/mol. The fourth-order valence-corrected chi connectivity index (χ4v) is 1.24. The van der Waals surface area contributed by atoms with E-state index < -0.39 is 0 Å². The Balaban J connectivity index is 2.22. The van der Waals surface area contributed by atoms with Crippen LogP contribution in [-0.2, 0) is 4.79 Å². The Morgan fingerprint density at radius 2 is 2.15 bits per heavy atom. The van der Waals surface area contributed by atoms with Crippen LogP contribution in [0.5, 0.6) is 0 Å². The van der Waals surface area contributed by atoms with E-state index in [0.717, 1.165) is 13.0 Å². The van der Waals surface area contributed by atoms with E-state index in [9.17, 15) is 9.59 Å². The van der Waals surface area contributed by atoms with Crippen LogP contribution in [0.1, 0.15) is 6.42 Å². The standard InChI is InChI=1S/C8H15N3O2/c1-10(2)4-3-5-11-6-7(12)9-8(11)13/h3-6H2,1-2H3,(H,9,12,13). The van der Waals surface area contributed by atoms with Crippen molar-refractivity contribution < 1.29 is 9.59 Å². The van der Waals surface area contributed by atoms with Gasteiger partial charge >= 0.3 is 6.03 Å². The minimum Gasteiger partial charge on any atom is -0.315 e. The highest BCUT2D eigenvalue weighted by atomic mass is 16.2. The van der Waals surface area contributed by atoms with Crippen LogP contribution in [0, 0.1) is 0 Å². The molecule has 5 heteroatoms. The van der Waals surface area contributed by atoms with Gasteiger partial charge in [-0.25, -0.2) is 4.79 Å². The number of carbonyl (C=O) groups excluding carboxylic acids is 2. The van der Waals surface area contributed by atoms with Crippen molar-refractivity contribution in [2.45, 2.75) is 6.42 Å². The van der Waals surface area contributed by atoms with E-state index in [1.54, 1.807) is 0 Å². The number of urea groups is 1. The fourth-order valence-electron chi connectivity index (χ4n) is 1.24. The number of nitrogens with zero attached hydrogens (tertiary/aromatic N) is 2. The Bertz CT molecular complexity index is 215.